The molecule has 0 unspecified atom stereocenters. The van der Waals surface area contributed by atoms with E-state index in [1.165, 1.54) is 19.3 Å². The minimum Gasteiger partial charge on any atom is -0.352 e. The molecule has 160 valence electrons. The van der Waals surface area contributed by atoms with Gasteiger partial charge in [-0.3, -0.25) is 19.4 Å². The molecule has 6 nitrogen and oxygen atoms in total. The summed E-state index contributed by atoms with van der Waals surface area (Å²) in [5, 5.41) is 6.29. The number of aryl methyl sites for hydroxylation is 1. The summed E-state index contributed by atoms with van der Waals surface area (Å²) < 4.78 is 0. The summed E-state index contributed by atoms with van der Waals surface area (Å²) in [6.07, 6.45) is 6.87. The van der Waals surface area contributed by atoms with Crippen molar-refractivity contribution in [1.29, 1.82) is 0 Å². The molecule has 1 aromatic rings. The van der Waals surface area contributed by atoms with Crippen molar-refractivity contribution in [1.82, 2.24) is 15.1 Å². The van der Waals surface area contributed by atoms with Gasteiger partial charge in [0.05, 0.1) is 12.6 Å². The summed E-state index contributed by atoms with van der Waals surface area (Å²) >= 11 is 0. The highest BCUT2D eigenvalue weighted by Crippen LogP contribution is 2.18. The number of nitrogens with one attached hydrogen (secondary N) is 2. The molecule has 0 spiro atoms. The average molecular weight is 401 g/mol. The molecule has 1 heterocycles. The fourth-order valence-corrected chi connectivity index (χ4v) is 4.39. The van der Waals surface area contributed by atoms with Crippen molar-refractivity contribution in [3.63, 3.8) is 0 Å². The normalized spacial score (nSPS) is 20.2. The van der Waals surface area contributed by atoms with E-state index in [0.717, 1.165) is 56.7 Å². The number of amides is 2. The molecule has 3 rings (SSSR count). The Hall–Kier alpha value is -1.92. The van der Waals surface area contributed by atoms with E-state index in [1.807, 2.05) is 31.2 Å². The zero-order valence-electron chi connectivity index (χ0n) is 18.0. The summed E-state index contributed by atoms with van der Waals surface area (Å²) in [6, 6.07) is 8.21. The van der Waals surface area contributed by atoms with E-state index in [-0.39, 0.29) is 17.9 Å². The lowest BCUT2D eigenvalue weighted by Crippen LogP contribution is -2.55. The van der Waals surface area contributed by atoms with Crippen LogP contribution in [0.5, 0.6) is 0 Å². The first-order valence-electron chi connectivity index (χ1n) is 11.2. The fourth-order valence-electron chi connectivity index (χ4n) is 4.39. The highest BCUT2D eigenvalue weighted by molar-refractivity contribution is 5.93. The monoisotopic (exact) mass is 400 g/mol. The van der Waals surface area contributed by atoms with Crippen LogP contribution in [0.15, 0.2) is 24.3 Å². The van der Waals surface area contributed by atoms with Gasteiger partial charge in [-0.2, -0.15) is 0 Å². The summed E-state index contributed by atoms with van der Waals surface area (Å²) in [7, 11) is 0. The first kappa shape index (κ1) is 21.8. The van der Waals surface area contributed by atoms with Gasteiger partial charge in [-0.25, -0.2) is 0 Å². The molecular weight excluding hydrogens is 364 g/mol. The largest absolute Gasteiger partial charge is 0.352 e. The second-order valence-electron chi connectivity index (χ2n) is 8.39. The van der Waals surface area contributed by atoms with Crippen LogP contribution in [0.25, 0.3) is 0 Å². The number of rotatable bonds is 7. The van der Waals surface area contributed by atoms with Gasteiger partial charge in [-0.1, -0.05) is 44.4 Å². The Morgan fingerprint density at radius 3 is 2.45 bits per heavy atom. The van der Waals surface area contributed by atoms with Gasteiger partial charge in [0.2, 0.25) is 11.8 Å². The van der Waals surface area contributed by atoms with Crippen molar-refractivity contribution in [2.24, 2.45) is 0 Å². The number of hydrogen-bond donors (Lipinski definition) is 2. The van der Waals surface area contributed by atoms with Crippen LogP contribution >= 0.6 is 0 Å². The number of carbonyl (C=O) groups excluding carboxylic acids is 2. The standard InChI is InChI=1S/C23H36N4O2/c1-3-19-9-7-8-12-21(19)25-22(28)17-26-13-15-27(16-14-26)18(2)23(29)24-20-10-5-4-6-11-20/h7-9,12,18,20H,3-6,10-11,13-17H2,1-2H3,(H,24,29)(H,25,28)/t18-/m1/s1. The predicted octanol–water partition coefficient (Wildman–Crippen LogP) is 2.64. The fraction of sp³-hybridized carbons (Fsp3) is 0.652. The minimum atomic E-state index is -0.107. The van der Waals surface area contributed by atoms with Gasteiger partial charge in [-0.05, 0) is 37.8 Å². The smallest absolute Gasteiger partial charge is 0.238 e. The van der Waals surface area contributed by atoms with Gasteiger partial charge in [0, 0.05) is 37.9 Å². The van der Waals surface area contributed by atoms with Gasteiger partial charge < -0.3 is 10.6 Å². The van der Waals surface area contributed by atoms with Crippen LogP contribution in [0.3, 0.4) is 0 Å². The maximum Gasteiger partial charge on any atom is 0.238 e. The van der Waals surface area contributed by atoms with E-state index >= 15 is 0 Å². The molecule has 2 amide bonds. The molecule has 1 aromatic carbocycles. The summed E-state index contributed by atoms with van der Waals surface area (Å²) in [5.41, 5.74) is 2.06. The predicted molar refractivity (Wildman–Crippen MR) is 117 cm³/mol. The molecule has 1 saturated heterocycles. The molecule has 0 radical (unpaired) electrons. The molecule has 2 aliphatic rings. The molecule has 1 aliphatic carbocycles. The van der Waals surface area contributed by atoms with E-state index in [4.69, 9.17) is 0 Å². The third-order valence-electron chi connectivity index (χ3n) is 6.33. The third-order valence-corrected chi connectivity index (χ3v) is 6.33. The second kappa shape index (κ2) is 10.7. The maximum atomic E-state index is 12.6. The molecule has 6 heteroatoms. The lowest BCUT2D eigenvalue weighted by Gasteiger charge is -2.37. The van der Waals surface area contributed by atoms with Crippen LogP contribution in [-0.4, -0.2) is 66.4 Å². The lowest BCUT2D eigenvalue weighted by molar-refractivity contribution is -0.128. The Morgan fingerprint density at radius 1 is 1.07 bits per heavy atom. The average Bonchev–Trinajstić information content (AvgIpc) is 2.75. The summed E-state index contributed by atoms with van der Waals surface area (Å²) in [6.45, 7) is 7.75. The number of hydrogen-bond acceptors (Lipinski definition) is 4. The van der Waals surface area contributed by atoms with E-state index in [1.54, 1.807) is 0 Å². The van der Waals surface area contributed by atoms with E-state index in [9.17, 15) is 9.59 Å². The molecule has 2 N–H and O–H groups in total. The number of piperazine rings is 1. The number of para-hydroxylation sites is 1. The summed E-state index contributed by atoms with van der Waals surface area (Å²) in [4.78, 5) is 29.5. The highest BCUT2D eigenvalue weighted by atomic mass is 16.2. The minimum absolute atomic E-state index is 0.0300. The van der Waals surface area contributed by atoms with Crippen LogP contribution in [0.1, 0.15) is 51.5 Å². The van der Waals surface area contributed by atoms with Crippen LogP contribution in [0.4, 0.5) is 5.69 Å². The lowest BCUT2D eigenvalue weighted by atomic mass is 9.95. The number of benzene rings is 1. The van der Waals surface area contributed by atoms with E-state index in [0.29, 0.717) is 12.6 Å². The van der Waals surface area contributed by atoms with Crippen LogP contribution in [0.2, 0.25) is 0 Å². The van der Waals surface area contributed by atoms with Gasteiger partial charge in [-0.15, -0.1) is 0 Å². The van der Waals surface area contributed by atoms with Crippen LogP contribution in [0, 0.1) is 0 Å². The summed E-state index contributed by atoms with van der Waals surface area (Å²) in [5.74, 6) is 0.182. The quantitative estimate of drug-likeness (QED) is 0.739. The number of anilines is 1. The Morgan fingerprint density at radius 2 is 1.76 bits per heavy atom. The van der Waals surface area contributed by atoms with Gasteiger partial charge in [0.15, 0.2) is 0 Å². The van der Waals surface area contributed by atoms with Crippen molar-refractivity contribution < 1.29 is 9.59 Å². The third kappa shape index (κ3) is 6.28. The number of carbonyl (C=O) groups is 2. The molecule has 1 atom stereocenters. The van der Waals surface area contributed by atoms with Gasteiger partial charge >= 0.3 is 0 Å². The van der Waals surface area contributed by atoms with Crippen molar-refractivity contribution in [2.45, 2.75) is 64.5 Å². The molecule has 1 saturated carbocycles. The second-order valence-corrected chi connectivity index (χ2v) is 8.39. The van der Waals surface area contributed by atoms with Crippen molar-refractivity contribution in [2.75, 3.05) is 38.0 Å². The molecule has 0 aromatic heterocycles. The Balaban J connectivity index is 1.41. The topological polar surface area (TPSA) is 64.7 Å². The Bertz CT molecular complexity index is 679. The zero-order chi connectivity index (χ0) is 20.6. The first-order chi connectivity index (χ1) is 14.1. The molecular formula is C23H36N4O2. The van der Waals surface area contributed by atoms with Gasteiger partial charge in [0.1, 0.15) is 0 Å². The van der Waals surface area contributed by atoms with Crippen LogP contribution in [-0.2, 0) is 16.0 Å². The SMILES string of the molecule is CCc1ccccc1NC(=O)CN1CCN([C@H](C)C(=O)NC2CCCCC2)CC1. The van der Waals surface area contributed by atoms with Gasteiger partial charge in [0.25, 0.3) is 0 Å². The van der Waals surface area contributed by atoms with E-state index < -0.39 is 0 Å². The number of nitrogens with zero attached hydrogens (tertiary/aromatic N) is 2. The van der Waals surface area contributed by atoms with Crippen LogP contribution < -0.4 is 10.6 Å². The van der Waals surface area contributed by atoms with Crippen molar-refractivity contribution >= 4 is 17.5 Å². The Labute approximate surface area is 175 Å². The molecule has 1 aliphatic heterocycles. The Kier molecular flexibility index (Phi) is 8.07. The molecule has 29 heavy (non-hydrogen) atoms. The molecule has 2 fully saturated rings. The molecule has 0 bridgehead atoms. The highest BCUT2D eigenvalue weighted by Gasteiger charge is 2.27. The maximum absolute atomic E-state index is 12.6. The zero-order valence-corrected chi connectivity index (χ0v) is 18.0. The van der Waals surface area contributed by atoms with Crippen molar-refractivity contribution in [3.8, 4) is 0 Å². The van der Waals surface area contributed by atoms with Crippen molar-refractivity contribution in [3.05, 3.63) is 29.8 Å². The van der Waals surface area contributed by atoms with E-state index in [2.05, 4.69) is 27.4 Å². The first-order valence-corrected chi connectivity index (χ1v) is 11.2.